The van der Waals surface area contributed by atoms with Gasteiger partial charge in [0, 0.05) is 12.6 Å². The van der Waals surface area contributed by atoms with Crippen LogP contribution in [0.3, 0.4) is 0 Å². The van der Waals surface area contributed by atoms with Gasteiger partial charge in [0.05, 0.1) is 18.1 Å². The van der Waals surface area contributed by atoms with Gasteiger partial charge in [0.25, 0.3) is 0 Å². The van der Waals surface area contributed by atoms with Crippen molar-refractivity contribution in [3.8, 4) is 5.75 Å². The molecule has 0 aliphatic carbocycles. The molecule has 1 aromatic carbocycles. The van der Waals surface area contributed by atoms with Crippen LogP contribution < -0.4 is 4.74 Å². The highest BCUT2D eigenvalue weighted by atomic mass is 16.5. The first-order valence-corrected chi connectivity index (χ1v) is 7.40. The second kappa shape index (κ2) is 7.11. The number of hydrogen-bond donors (Lipinski definition) is 1. The van der Waals surface area contributed by atoms with E-state index < -0.39 is 5.97 Å². The van der Waals surface area contributed by atoms with Gasteiger partial charge in [-0.3, -0.25) is 4.79 Å². The number of fused-ring (bicyclic) bond motifs is 1. The number of carbonyl (C=O) groups is 1. The minimum atomic E-state index is -0.855. The van der Waals surface area contributed by atoms with Crippen LogP contribution in [0.25, 0.3) is 11.0 Å². The summed E-state index contributed by atoms with van der Waals surface area (Å²) in [6.07, 6.45) is 4.53. The monoisotopic (exact) mass is 290 g/mol. The Morgan fingerprint density at radius 1 is 1.33 bits per heavy atom. The smallest absolute Gasteiger partial charge is 0.311 e. The standard InChI is InChI=1S/C16H22N2O3/c1-3-4-5-6-9-18-14-8-7-12(21-2)10-13(14)17-15(18)11-16(19)20/h7-8,10H,3-6,9,11H2,1-2H3,(H,19,20). The summed E-state index contributed by atoms with van der Waals surface area (Å²) in [5, 5.41) is 9.05. The lowest BCUT2D eigenvalue weighted by molar-refractivity contribution is -0.136. The average Bonchev–Trinajstić information content (AvgIpc) is 2.79. The second-order valence-electron chi connectivity index (χ2n) is 5.17. The Hall–Kier alpha value is -2.04. The number of hydrogen-bond acceptors (Lipinski definition) is 3. The van der Waals surface area contributed by atoms with Crippen molar-refractivity contribution in [3.05, 3.63) is 24.0 Å². The van der Waals surface area contributed by atoms with Crippen molar-refractivity contribution in [2.75, 3.05) is 7.11 Å². The highest BCUT2D eigenvalue weighted by Crippen LogP contribution is 2.23. The summed E-state index contributed by atoms with van der Waals surface area (Å²) in [7, 11) is 1.61. The highest BCUT2D eigenvalue weighted by Gasteiger charge is 2.14. The van der Waals surface area contributed by atoms with Crippen LogP contribution in [0.1, 0.15) is 38.4 Å². The van der Waals surface area contributed by atoms with E-state index in [4.69, 9.17) is 9.84 Å². The Morgan fingerprint density at radius 3 is 2.81 bits per heavy atom. The Morgan fingerprint density at radius 2 is 2.14 bits per heavy atom. The minimum Gasteiger partial charge on any atom is -0.497 e. The fourth-order valence-corrected chi connectivity index (χ4v) is 2.50. The summed E-state index contributed by atoms with van der Waals surface area (Å²) in [6.45, 7) is 2.99. The van der Waals surface area contributed by atoms with Gasteiger partial charge in [0.2, 0.25) is 0 Å². The minimum absolute atomic E-state index is 0.0508. The van der Waals surface area contributed by atoms with Crippen LogP contribution in [-0.2, 0) is 17.8 Å². The normalized spacial score (nSPS) is 11.0. The fraction of sp³-hybridized carbons (Fsp3) is 0.500. The number of aryl methyl sites for hydroxylation is 1. The summed E-state index contributed by atoms with van der Waals surface area (Å²) >= 11 is 0. The molecule has 5 heteroatoms. The summed E-state index contributed by atoms with van der Waals surface area (Å²) in [6, 6.07) is 5.69. The molecule has 0 atom stereocenters. The van der Waals surface area contributed by atoms with Crippen LogP contribution in [0.5, 0.6) is 5.75 Å². The number of carboxylic acid groups (broad SMARTS) is 1. The van der Waals surface area contributed by atoms with Crippen molar-refractivity contribution in [2.24, 2.45) is 0 Å². The Kier molecular flexibility index (Phi) is 5.20. The van der Waals surface area contributed by atoms with Crippen molar-refractivity contribution in [1.29, 1.82) is 0 Å². The third-order valence-electron chi connectivity index (χ3n) is 3.58. The van der Waals surface area contributed by atoms with E-state index >= 15 is 0 Å². The first kappa shape index (κ1) is 15.4. The van der Waals surface area contributed by atoms with Crippen LogP contribution in [0, 0.1) is 0 Å². The predicted octanol–water partition coefficient (Wildman–Crippen LogP) is 3.25. The molecule has 2 rings (SSSR count). The van der Waals surface area contributed by atoms with Gasteiger partial charge < -0.3 is 14.4 Å². The molecule has 0 aliphatic rings. The molecule has 0 fully saturated rings. The summed E-state index contributed by atoms with van der Waals surface area (Å²) in [4.78, 5) is 15.5. The topological polar surface area (TPSA) is 64.4 Å². The van der Waals surface area contributed by atoms with E-state index in [2.05, 4.69) is 11.9 Å². The van der Waals surface area contributed by atoms with Crippen molar-refractivity contribution in [3.63, 3.8) is 0 Å². The molecule has 0 spiro atoms. The Bertz CT molecular complexity index is 619. The van der Waals surface area contributed by atoms with E-state index in [0.717, 1.165) is 36.2 Å². The molecule has 0 aliphatic heterocycles. The number of benzene rings is 1. The summed E-state index contributed by atoms with van der Waals surface area (Å²) < 4.78 is 7.23. The van der Waals surface area contributed by atoms with E-state index in [1.54, 1.807) is 7.11 Å². The third kappa shape index (κ3) is 3.74. The molecule has 1 N–H and O–H groups in total. The van der Waals surface area contributed by atoms with Gasteiger partial charge in [-0.1, -0.05) is 26.2 Å². The third-order valence-corrected chi connectivity index (χ3v) is 3.58. The number of aliphatic carboxylic acids is 1. The molecule has 0 bridgehead atoms. The Balaban J connectivity index is 2.30. The maximum atomic E-state index is 11.0. The van der Waals surface area contributed by atoms with Crippen LogP contribution in [-0.4, -0.2) is 27.7 Å². The van der Waals surface area contributed by atoms with Gasteiger partial charge in [-0.05, 0) is 18.6 Å². The van der Waals surface area contributed by atoms with Crippen LogP contribution in [0.2, 0.25) is 0 Å². The lowest BCUT2D eigenvalue weighted by atomic mass is 10.2. The van der Waals surface area contributed by atoms with Crippen molar-refractivity contribution in [1.82, 2.24) is 9.55 Å². The molecule has 1 heterocycles. The van der Waals surface area contributed by atoms with Crippen molar-refractivity contribution >= 4 is 17.0 Å². The van der Waals surface area contributed by atoms with Crippen molar-refractivity contribution < 1.29 is 14.6 Å². The average molecular weight is 290 g/mol. The van der Waals surface area contributed by atoms with Gasteiger partial charge >= 0.3 is 5.97 Å². The maximum absolute atomic E-state index is 11.0. The lowest BCUT2D eigenvalue weighted by Gasteiger charge is -2.08. The first-order valence-electron chi connectivity index (χ1n) is 7.40. The van der Waals surface area contributed by atoms with Gasteiger partial charge in [0.15, 0.2) is 0 Å². The number of nitrogens with zero attached hydrogens (tertiary/aromatic N) is 2. The van der Waals surface area contributed by atoms with Gasteiger partial charge in [-0.2, -0.15) is 0 Å². The number of rotatable bonds is 8. The number of aromatic nitrogens is 2. The molecule has 0 saturated carbocycles. The Labute approximate surface area is 124 Å². The van der Waals surface area contributed by atoms with E-state index in [1.807, 2.05) is 22.8 Å². The largest absolute Gasteiger partial charge is 0.497 e. The zero-order chi connectivity index (χ0) is 15.2. The van der Waals surface area contributed by atoms with E-state index in [9.17, 15) is 4.79 Å². The highest BCUT2D eigenvalue weighted by molar-refractivity contribution is 5.79. The number of imidazole rings is 1. The van der Waals surface area contributed by atoms with Crippen LogP contribution in [0.4, 0.5) is 0 Å². The van der Waals surface area contributed by atoms with E-state index in [-0.39, 0.29) is 6.42 Å². The number of ether oxygens (including phenoxy) is 1. The van der Waals surface area contributed by atoms with Crippen LogP contribution >= 0.6 is 0 Å². The summed E-state index contributed by atoms with van der Waals surface area (Å²) in [5.74, 6) is 0.495. The molecule has 2 aromatic rings. The molecule has 1 aromatic heterocycles. The molecule has 0 saturated heterocycles. The number of unbranched alkanes of at least 4 members (excludes halogenated alkanes) is 3. The fourth-order valence-electron chi connectivity index (χ4n) is 2.50. The molecule has 0 radical (unpaired) electrons. The lowest BCUT2D eigenvalue weighted by Crippen LogP contribution is -2.09. The van der Waals surface area contributed by atoms with Gasteiger partial charge in [-0.15, -0.1) is 0 Å². The van der Waals surface area contributed by atoms with Crippen LogP contribution in [0.15, 0.2) is 18.2 Å². The SMILES string of the molecule is CCCCCCn1c(CC(=O)O)nc2cc(OC)ccc21. The van der Waals surface area contributed by atoms with E-state index in [0.29, 0.717) is 5.82 Å². The molecule has 21 heavy (non-hydrogen) atoms. The summed E-state index contributed by atoms with van der Waals surface area (Å²) in [5.41, 5.74) is 1.77. The molecule has 5 nitrogen and oxygen atoms in total. The number of carboxylic acids is 1. The zero-order valence-corrected chi connectivity index (χ0v) is 12.6. The molecule has 0 unspecified atom stereocenters. The second-order valence-corrected chi connectivity index (χ2v) is 5.17. The van der Waals surface area contributed by atoms with E-state index in [1.165, 1.54) is 12.8 Å². The van der Waals surface area contributed by atoms with Crippen molar-refractivity contribution in [2.45, 2.75) is 45.6 Å². The van der Waals surface area contributed by atoms with Gasteiger partial charge in [-0.25, -0.2) is 4.98 Å². The number of methoxy groups -OCH3 is 1. The molecular weight excluding hydrogens is 268 g/mol. The molecule has 114 valence electrons. The quantitative estimate of drug-likeness (QED) is 0.758. The predicted molar refractivity (Wildman–Crippen MR) is 81.8 cm³/mol. The molecular formula is C16H22N2O3. The first-order chi connectivity index (χ1) is 10.2. The maximum Gasteiger partial charge on any atom is 0.311 e. The molecule has 0 amide bonds. The zero-order valence-electron chi connectivity index (χ0n) is 12.6. The van der Waals surface area contributed by atoms with Gasteiger partial charge in [0.1, 0.15) is 18.0 Å².